The van der Waals surface area contributed by atoms with E-state index in [9.17, 15) is 9.90 Å². The summed E-state index contributed by atoms with van der Waals surface area (Å²) in [6.07, 6.45) is 10.6. The van der Waals surface area contributed by atoms with E-state index in [0.29, 0.717) is 11.3 Å². The molecular weight excluding hydrogens is 284 g/mol. The van der Waals surface area contributed by atoms with Crippen LogP contribution in [0, 0.1) is 33.5 Å². The van der Waals surface area contributed by atoms with Gasteiger partial charge in [-0.1, -0.05) is 32.4 Å². The van der Waals surface area contributed by atoms with Gasteiger partial charge in [0, 0.05) is 0 Å². The van der Waals surface area contributed by atoms with E-state index in [1.807, 2.05) is 6.92 Å². The van der Waals surface area contributed by atoms with Gasteiger partial charge in [0.1, 0.15) is 0 Å². The van der Waals surface area contributed by atoms with Gasteiger partial charge < -0.3 is 5.11 Å². The van der Waals surface area contributed by atoms with Gasteiger partial charge in [-0.3, -0.25) is 4.79 Å². The number of carboxylic acid groups (broad SMARTS) is 1. The van der Waals surface area contributed by atoms with Crippen molar-refractivity contribution in [2.45, 2.75) is 78.6 Å². The van der Waals surface area contributed by atoms with E-state index in [4.69, 9.17) is 0 Å². The van der Waals surface area contributed by atoms with Crippen LogP contribution in [0.25, 0.3) is 0 Å². The maximum Gasteiger partial charge on any atom is 0.309 e. The standard InChI is InChI=1S/C21H32O2/c1-14-12-21-11-10-20(4)18(2,16(21)7-6-15(14)13-21)8-5-9-19(20,3)17(22)23/h15-16H,1,5-13H2,2-4H3,(H,22,23)/t15-,16+,18+,19+,20+,21-/m1/s1. The van der Waals surface area contributed by atoms with Crippen molar-refractivity contribution in [1.29, 1.82) is 0 Å². The summed E-state index contributed by atoms with van der Waals surface area (Å²) in [5, 5.41) is 10.1. The summed E-state index contributed by atoms with van der Waals surface area (Å²) < 4.78 is 0. The average molecular weight is 316 g/mol. The summed E-state index contributed by atoms with van der Waals surface area (Å²) >= 11 is 0. The van der Waals surface area contributed by atoms with Crippen LogP contribution in [0.3, 0.4) is 0 Å². The van der Waals surface area contributed by atoms with E-state index >= 15 is 0 Å². The SMILES string of the molecule is C=C1C[C@@]23CC[C@]4(C)[C@](C)(C(=O)O)CCC[C@@]4(C)[C@@H]2CC[C@@H]1C3. The van der Waals surface area contributed by atoms with Crippen LogP contribution in [-0.2, 0) is 4.79 Å². The molecule has 0 heterocycles. The minimum Gasteiger partial charge on any atom is -0.481 e. The Bertz CT molecular complexity index is 580. The molecular formula is C21H32O2. The summed E-state index contributed by atoms with van der Waals surface area (Å²) in [4.78, 5) is 12.2. The quantitative estimate of drug-likeness (QED) is 0.655. The second-order valence-corrected chi connectivity index (χ2v) is 9.97. The molecule has 0 saturated heterocycles. The lowest BCUT2D eigenvalue weighted by molar-refractivity contribution is -0.218. The Hall–Kier alpha value is -0.790. The van der Waals surface area contributed by atoms with Crippen LogP contribution in [0.1, 0.15) is 78.6 Å². The molecule has 0 unspecified atom stereocenters. The van der Waals surface area contributed by atoms with Crippen LogP contribution in [0.2, 0.25) is 0 Å². The van der Waals surface area contributed by atoms with Crippen LogP contribution in [0.15, 0.2) is 12.2 Å². The molecule has 2 heteroatoms. The molecule has 4 fully saturated rings. The third-order valence-electron chi connectivity index (χ3n) is 9.57. The van der Waals surface area contributed by atoms with Crippen molar-refractivity contribution in [3.05, 3.63) is 12.2 Å². The zero-order valence-corrected chi connectivity index (χ0v) is 15.1. The molecule has 1 spiro atoms. The summed E-state index contributed by atoms with van der Waals surface area (Å²) in [6.45, 7) is 11.2. The molecule has 4 saturated carbocycles. The highest BCUT2D eigenvalue weighted by atomic mass is 16.4. The fourth-order valence-electron chi connectivity index (χ4n) is 7.86. The Kier molecular flexibility index (Phi) is 3.03. The molecule has 2 bridgehead atoms. The Morgan fingerprint density at radius 1 is 1.13 bits per heavy atom. The highest BCUT2D eigenvalue weighted by Gasteiger charge is 2.70. The number of rotatable bonds is 1. The predicted molar refractivity (Wildman–Crippen MR) is 92.1 cm³/mol. The zero-order valence-electron chi connectivity index (χ0n) is 15.1. The molecule has 23 heavy (non-hydrogen) atoms. The summed E-state index contributed by atoms with van der Waals surface area (Å²) in [5.74, 6) is 0.892. The fourth-order valence-corrected chi connectivity index (χ4v) is 7.86. The van der Waals surface area contributed by atoms with E-state index in [0.717, 1.165) is 25.2 Å². The largest absolute Gasteiger partial charge is 0.481 e. The van der Waals surface area contributed by atoms with Gasteiger partial charge in [0.25, 0.3) is 0 Å². The highest BCUT2D eigenvalue weighted by Crippen LogP contribution is 2.76. The van der Waals surface area contributed by atoms with Gasteiger partial charge in [0.2, 0.25) is 0 Å². The monoisotopic (exact) mass is 316 g/mol. The van der Waals surface area contributed by atoms with E-state index in [-0.39, 0.29) is 10.8 Å². The van der Waals surface area contributed by atoms with Crippen LogP contribution < -0.4 is 0 Å². The molecule has 4 rings (SSSR count). The first-order valence-corrected chi connectivity index (χ1v) is 9.60. The zero-order chi connectivity index (χ0) is 16.7. The normalized spacial score (nSPS) is 55.2. The molecule has 1 N–H and O–H groups in total. The second kappa shape index (κ2) is 4.43. The summed E-state index contributed by atoms with van der Waals surface area (Å²) in [7, 11) is 0. The van der Waals surface area contributed by atoms with Gasteiger partial charge in [-0.15, -0.1) is 0 Å². The van der Waals surface area contributed by atoms with Crippen LogP contribution in [0.4, 0.5) is 0 Å². The molecule has 0 amide bonds. The number of hydrogen-bond acceptors (Lipinski definition) is 1. The molecule has 6 atom stereocenters. The number of fused-ring (bicyclic) bond motifs is 3. The highest BCUT2D eigenvalue weighted by molar-refractivity contribution is 5.76. The van der Waals surface area contributed by atoms with Gasteiger partial charge in [-0.25, -0.2) is 0 Å². The maximum absolute atomic E-state index is 12.2. The lowest BCUT2D eigenvalue weighted by Crippen LogP contribution is -2.64. The van der Waals surface area contributed by atoms with Crippen molar-refractivity contribution in [3.8, 4) is 0 Å². The van der Waals surface area contributed by atoms with Crippen LogP contribution in [-0.4, -0.2) is 11.1 Å². The van der Waals surface area contributed by atoms with E-state index in [1.165, 1.54) is 44.1 Å². The number of allylic oxidation sites excluding steroid dienone is 1. The van der Waals surface area contributed by atoms with Gasteiger partial charge in [0.05, 0.1) is 5.41 Å². The van der Waals surface area contributed by atoms with Crippen molar-refractivity contribution in [2.75, 3.05) is 0 Å². The Balaban J connectivity index is 1.81. The van der Waals surface area contributed by atoms with Crippen molar-refractivity contribution in [3.63, 3.8) is 0 Å². The molecule has 0 radical (unpaired) electrons. The van der Waals surface area contributed by atoms with E-state index < -0.39 is 11.4 Å². The van der Waals surface area contributed by atoms with Gasteiger partial charge in [-0.2, -0.15) is 0 Å². The van der Waals surface area contributed by atoms with Crippen LogP contribution in [0.5, 0.6) is 0 Å². The average Bonchev–Trinajstić information content (AvgIpc) is 2.72. The van der Waals surface area contributed by atoms with Crippen molar-refractivity contribution < 1.29 is 9.90 Å². The van der Waals surface area contributed by atoms with Gasteiger partial charge in [0.15, 0.2) is 0 Å². The van der Waals surface area contributed by atoms with Crippen LogP contribution >= 0.6 is 0 Å². The number of aliphatic carboxylic acids is 1. The first kappa shape index (κ1) is 15.7. The smallest absolute Gasteiger partial charge is 0.309 e. The maximum atomic E-state index is 12.2. The molecule has 128 valence electrons. The molecule has 0 aromatic carbocycles. The Morgan fingerprint density at radius 2 is 1.87 bits per heavy atom. The minimum absolute atomic E-state index is 0.0727. The lowest BCUT2D eigenvalue weighted by atomic mass is 9.35. The van der Waals surface area contributed by atoms with Gasteiger partial charge in [-0.05, 0) is 86.4 Å². The minimum atomic E-state index is -0.564. The molecule has 0 aliphatic heterocycles. The first-order chi connectivity index (χ1) is 10.7. The van der Waals surface area contributed by atoms with Gasteiger partial charge >= 0.3 is 5.97 Å². The number of hydrogen-bond donors (Lipinski definition) is 1. The summed E-state index contributed by atoms with van der Waals surface area (Å²) in [5.41, 5.74) is 1.48. The second-order valence-electron chi connectivity index (χ2n) is 9.97. The van der Waals surface area contributed by atoms with Crippen molar-refractivity contribution >= 4 is 5.97 Å². The van der Waals surface area contributed by atoms with Crippen molar-refractivity contribution in [2.24, 2.45) is 33.5 Å². The fraction of sp³-hybridized carbons (Fsp3) is 0.857. The number of carbonyl (C=O) groups is 1. The summed E-state index contributed by atoms with van der Waals surface area (Å²) in [6, 6.07) is 0. The predicted octanol–water partition coefficient (Wildman–Crippen LogP) is 5.43. The first-order valence-electron chi connectivity index (χ1n) is 9.60. The molecule has 0 aromatic heterocycles. The Morgan fingerprint density at radius 3 is 2.57 bits per heavy atom. The third kappa shape index (κ3) is 1.63. The Labute approximate surface area is 140 Å². The molecule has 4 aliphatic rings. The molecule has 4 aliphatic carbocycles. The topological polar surface area (TPSA) is 37.3 Å². The molecule has 2 nitrogen and oxygen atoms in total. The van der Waals surface area contributed by atoms with E-state index in [1.54, 1.807) is 0 Å². The van der Waals surface area contributed by atoms with Crippen molar-refractivity contribution in [1.82, 2.24) is 0 Å². The lowest BCUT2D eigenvalue weighted by Gasteiger charge is -2.68. The number of carboxylic acids is 1. The molecule has 0 aromatic rings. The third-order valence-corrected chi connectivity index (χ3v) is 9.57. The van der Waals surface area contributed by atoms with E-state index in [2.05, 4.69) is 20.4 Å².